The highest BCUT2D eigenvalue weighted by molar-refractivity contribution is 7.25. The fourth-order valence-corrected chi connectivity index (χ4v) is 10.6. The number of nitrogens with zero attached hydrogens (tertiary/aromatic N) is 2. The van der Waals surface area contributed by atoms with E-state index in [2.05, 4.69) is 252 Å². The monoisotopic (exact) mass is 820 g/mol. The van der Waals surface area contributed by atoms with Gasteiger partial charge in [0.05, 0.1) is 11.0 Å². The third-order valence-electron chi connectivity index (χ3n) is 12.4. The third-order valence-corrected chi connectivity index (χ3v) is 13.6. The van der Waals surface area contributed by atoms with Crippen LogP contribution in [0.15, 0.2) is 243 Å². The van der Waals surface area contributed by atoms with E-state index in [9.17, 15) is 0 Å². The van der Waals surface area contributed by atoms with Crippen molar-refractivity contribution in [3.8, 4) is 50.2 Å². The van der Waals surface area contributed by atoms with Gasteiger partial charge in [0, 0.05) is 53.7 Å². The Morgan fingerprint density at radius 3 is 1.54 bits per heavy atom. The van der Waals surface area contributed by atoms with Crippen molar-refractivity contribution >= 4 is 70.4 Å². The van der Waals surface area contributed by atoms with Crippen molar-refractivity contribution in [2.45, 2.75) is 0 Å². The van der Waals surface area contributed by atoms with Gasteiger partial charge in [0.1, 0.15) is 0 Å². The van der Waals surface area contributed by atoms with Crippen LogP contribution in [0.25, 0.3) is 92.2 Å². The molecular weight excluding hydrogens is 781 g/mol. The molecule has 10 aromatic carbocycles. The lowest BCUT2D eigenvalue weighted by Gasteiger charge is -2.26. The summed E-state index contributed by atoms with van der Waals surface area (Å²) in [6, 6.07) is 88.3. The van der Waals surface area contributed by atoms with Gasteiger partial charge < -0.3 is 9.47 Å². The Morgan fingerprint density at radius 1 is 0.286 bits per heavy atom. The molecule has 2 nitrogen and oxygen atoms in total. The van der Waals surface area contributed by atoms with E-state index in [0.717, 1.165) is 17.1 Å². The van der Waals surface area contributed by atoms with E-state index >= 15 is 0 Å². The first kappa shape index (κ1) is 36.8. The van der Waals surface area contributed by atoms with Crippen LogP contribution in [0.3, 0.4) is 0 Å². The molecule has 0 aliphatic carbocycles. The first-order chi connectivity index (χ1) is 31.2. The van der Waals surface area contributed by atoms with Gasteiger partial charge in [0.25, 0.3) is 0 Å². The summed E-state index contributed by atoms with van der Waals surface area (Å²) in [6.45, 7) is 0. The standard InChI is InChI=1S/C60H40N2S/c1-3-16-41(17-4-1)49-22-7-9-24-51(49)43-18-15-21-47(38-43)61(45-19-5-2-6-20-45)46-33-30-42(31-34-46)50-23-8-10-25-52(50)44-32-36-58-55(39-44)53-26-11-13-28-57(53)62(58)48-35-37-60-56(40-48)54-27-12-14-29-59(54)63-60/h1-40H. The van der Waals surface area contributed by atoms with Crippen LogP contribution in [0.1, 0.15) is 0 Å². The minimum absolute atomic E-state index is 1.10. The molecule has 12 aromatic rings. The van der Waals surface area contributed by atoms with Gasteiger partial charge in [-0.25, -0.2) is 0 Å². The SMILES string of the molecule is c1ccc(-c2ccccc2-c2cccc(N(c3ccccc3)c3ccc(-c4ccccc4-c4ccc5c(c4)c4ccccc4n5-c4ccc5sc6ccccc6c5c4)cc3)c2)cc1. The Labute approximate surface area is 370 Å². The number of fused-ring (bicyclic) bond motifs is 6. The predicted molar refractivity (Wildman–Crippen MR) is 270 cm³/mol. The fourth-order valence-electron chi connectivity index (χ4n) is 9.49. The Kier molecular flexibility index (Phi) is 9.06. The number of benzene rings is 10. The summed E-state index contributed by atoms with van der Waals surface area (Å²) in [4.78, 5) is 2.35. The zero-order chi connectivity index (χ0) is 41.7. The van der Waals surface area contributed by atoms with Crippen molar-refractivity contribution in [1.29, 1.82) is 0 Å². The maximum absolute atomic E-state index is 2.43. The highest BCUT2D eigenvalue weighted by Crippen LogP contribution is 2.43. The van der Waals surface area contributed by atoms with Crippen molar-refractivity contribution in [1.82, 2.24) is 4.57 Å². The summed E-state index contributed by atoms with van der Waals surface area (Å²) < 4.78 is 5.07. The topological polar surface area (TPSA) is 8.17 Å². The maximum Gasteiger partial charge on any atom is 0.0541 e. The van der Waals surface area contributed by atoms with Crippen LogP contribution in [0.2, 0.25) is 0 Å². The largest absolute Gasteiger partial charge is 0.310 e. The van der Waals surface area contributed by atoms with E-state index in [-0.39, 0.29) is 0 Å². The molecule has 296 valence electrons. The number of aromatic nitrogens is 1. The second-order valence-corrected chi connectivity index (χ2v) is 17.2. The summed E-state index contributed by atoms with van der Waals surface area (Å²) >= 11 is 1.86. The number of hydrogen-bond acceptors (Lipinski definition) is 2. The van der Waals surface area contributed by atoms with Gasteiger partial charge >= 0.3 is 0 Å². The molecule has 0 radical (unpaired) electrons. The summed E-state index contributed by atoms with van der Waals surface area (Å²) in [6.07, 6.45) is 0. The number of rotatable bonds is 8. The molecule has 0 fully saturated rings. The van der Waals surface area contributed by atoms with Crippen molar-refractivity contribution < 1.29 is 0 Å². The molecule has 0 aliphatic rings. The molecule has 2 aromatic heterocycles. The molecule has 0 saturated heterocycles. The average molecular weight is 821 g/mol. The molecule has 2 heterocycles. The highest BCUT2D eigenvalue weighted by Gasteiger charge is 2.18. The Hall–Kier alpha value is -7.98. The second-order valence-electron chi connectivity index (χ2n) is 16.1. The zero-order valence-corrected chi connectivity index (χ0v) is 35.2. The average Bonchev–Trinajstić information content (AvgIpc) is 3.90. The van der Waals surface area contributed by atoms with Crippen molar-refractivity contribution in [2.75, 3.05) is 4.90 Å². The van der Waals surface area contributed by atoms with Crippen LogP contribution in [0, 0.1) is 0 Å². The van der Waals surface area contributed by atoms with Crippen molar-refractivity contribution in [3.05, 3.63) is 243 Å². The summed E-state index contributed by atoms with van der Waals surface area (Å²) in [5.41, 5.74) is 16.5. The molecule has 0 bridgehead atoms. The van der Waals surface area contributed by atoms with E-state index < -0.39 is 0 Å². The quantitative estimate of drug-likeness (QED) is 0.148. The minimum Gasteiger partial charge on any atom is -0.310 e. The van der Waals surface area contributed by atoms with E-state index in [1.165, 1.54) is 92.2 Å². The smallest absolute Gasteiger partial charge is 0.0541 e. The van der Waals surface area contributed by atoms with E-state index in [4.69, 9.17) is 0 Å². The minimum atomic E-state index is 1.10. The van der Waals surface area contributed by atoms with Gasteiger partial charge in [0.2, 0.25) is 0 Å². The van der Waals surface area contributed by atoms with Gasteiger partial charge in [0.15, 0.2) is 0 Å². The summed E-state index contributed by atoms with van der Waals surface area (Å²) in [7, 11) is 0. The lowest BCUT2D eigenvalue weighted by atomic mass is 9.93. The van der Waals surface area contributed by atoms with Crippen LogP contribution >= 0.6 is 11.3 Å². The van der Waals surface area contributed by atoms with E-state index in [0.29, 0.717) is 0 Å². The number of para-hydroxylation sites is 2. The van der Waals surface area contributed by atoms with Crippen molar-refractivity contribution in [2.24, 2.45) is 0 Å². The van der Waals surface area contributed by atoms with E-state index in [1.54, 1.807) is 0 Å². The molecule has 0 saturated carbocycles. The zero-order valence-electron chi connectivity index (χ0n) is 34.4. The molecule has 63 heavy (non-hydrogen) atoms. The van der Waals surface area contributed by atoms with Crippen molar-refractivity contribution in [3.63, 3.8) is 0 Å². The Morgan fingerprint density at radius 2 is 0.794 bits per heavy atom. The van der Waals surface area contributed by atoms with Crippen LogP contribution in [0.4, 0.5) is 17.1 Å². The molecule has 0 atom stereocenters. The normalized spacial score (nSPS) is 11.5. The molecule has 3 heteroatoms. The molecule has 12 rings (SSSR count). The van der Waals surface area contributed by atoms with Gasteiger partial charge in [-0.05, 0) is 123 Å². The third kappa shape index (κ3) is 6.50. The van der Waals surface area contributed by atoms with Crippen LogP contribution in [-0.4, -0.2) is 4.57 Å². The first-order valence-corrected chi connectivity index (χ1v) is 22.3. The maximum atomic E-state index is 2.43. The molecule has 0 unspecified atom stereocenters. The van der Waals surface area contributed by atoms with E-state index in [1.807, 2.05) is 11.3 Å². The van der Waals surface area contributed by atoms with Crippen LogP contribution in [-0.2, 0) is 0 Å². The Balaban J connectivity index is 0.924. The van der Waals surface area contributed by atoms with Crippen LogP contribution < -0.4 is 4.90 Å². The fraction of sp³-hybridized carbons (Fsp3) is 0. The molecule has 0 spiro atoms. The second kappa shape index (κ2) is 15.5. The summed E-state index contributed by atoms with van der Waals surface area (Å²) in [5, 5.41) is 5.12. The molecule has 0 N–H and O–H groups in total. The highest BCUT2D eigenvalue weighted by atomic mass is 32.1. The number of hydrogen-bond donors (Lipinski definition) is 0. The molecular formula is C60H40N2S. The van der Waals surface area contributed by atoms with Gasteiger partial charge in [-0.2, -0.15) is 0 Å². The van der Waals surface area contributed by atoms with Gasteiger partial charge in [-0.15, -0.1) is 11.3 Å². The first-order valence-electron chi connectivity index (χ1n) is 21.5. The number of thiophene rings is 1. The lowest BCUT2D eigenvalue weighted by molar-refractivity contribution is 1.19. The van der Waals surface area contributed by atoms with Gasteiger partial charge in [-0.1, -0.05) is 164 Å². The molecule has 0 aliphatic heterocycles. The number of anilines is 3. The molecule has 0 amide bonds. The summed E-state index contributed by atoms with van der Waals surface area (Å²) in [5.74, 6) is 0. The lowest BCUT2D eigenvalue weighted by Crippen LogP contribution is -2.09. The Bertz CT molecular complexity index is 3620. The predicted octanol–water partition coefficient (Wildman–Crippen LogP) is 17.3. The van der Waals surface area contributed by atoms with Crippen LogP contribution in [0.5, 0.6) is 0 Å². The van der Waals surface area contributed by atoms with Gasteiger partial charge in [-0.3, -0.25) is 0 Å².